The Morgan fingerprint density at radius 3 is 2.74 bits per heavy atom. The van der Waals surface area contributed by atoms with Gasteiger partial charge < -0.3 is 0 Å². The topological polar surface area (TPSA) is 64.1 Å². The average Bonchev–Trinajstić information content (AvgIpc) is 2.71. The summed E-state index contributed by atoms with van der Waals surface area (Å²) in [6, 6.07) is 5.01. The van der Waals surface area contributed by atoms with Crippen LogP contribution < -0.4 is 0 Å². The number of hydrogen-bond acceptors (Lipinski definition) is 5. The molecule has 0 atom stereocenters. The first-order valence-electron chi connectivity index (χ1n) is 5.61. The summed E-state index contributed by atoms with van der Waals surface area (Å²) in [6.45, 7) is 3.35. The van der Waals surface area contributed by atoms with E-state index < -0.39 is 15.6 Å². The van der Waals surface area contributed by atoms with E-state index in [1.807, 2.05) is 0 Å². The van der Waals surface area contributed by atoms with E-state index in [9.17, 15) is 13.2 Å². The first-order chi connectivity index (χ1) is 8.79. The number of nitrogens with zero attached hydrogens (tertiary/aromatic N) is 1. The molecule has 19 heavy (non-hydrogen) atoms. The van der Waals surface area contributed by atoms with Crippen molar-refractivity contribution in [1.82, 2.24) is 4.98 Å². The molecule has 0 fully saturated rings. The molecule has 0 aliphatic carbocycles. The van der Waals surface area contributed by atoms with Gasteiger partial charge in [0.1, 0.15) is 5.75 Å². The number of fused-ring (bicyclic) bond motifs is 1. The third kappa shape index (κ3) is 3.13. The highest BCUT2D eigenvalue weighted by Crippen LogP contribution is 2.28. The van der Waals surface area contributed by atoms with Crippen molar-refractivity contribution in [2.75, 3.05) is 5.75 Å². The maximum absolute atomic E-state index is 12.1. The molecule has 1 aromatic carbocycles. The number of ketones is 1. The van der Waals surface area contributed by atoms with Crippen molar-refractivity contribution in [2.24, 2.45) is 5.92 Å². The van der Waals surface area contributed by atoms with E-state index in [2.05, 4.69) is 4.98 Å². The van der Waals surface area contributed by atoms with Gasteiger partial charge in [-0.1, -0.05) is 25.4 Å². The Balaban J connectivity index is 2.40. The lowest BCUT2D eigenvalue weighted by atomic mass is 10.1. The maximum atomic E-state index is 12.1. The SMILES string of the molecule is CC(C)C(=O)CS(=O)(=O)c1nc2cc(Cl)ccc2s1. The number of benzene rings is 1. The lowest BCUT2D eigenvalue weighted by Gasteiger charge is -2.02. The van der Waals surface area contributed by atoms with Gasteiger partial charge >= 0.3 is 0 Å². The first-order valence-corrected chi connectivity index (χ1v) is 8.46. The van der Waals surface area contributed by atoms with Crippen LogP contribution in [0.4, 0.5) is 0 Å². The van der Waals surface area contributed by atoms with Crippen molar-refractivity contribution in [3.8, 4) is 0 Å². The number of carbonyl (C=O) groups is 1. The Morgan fingerprint density at radius 1 is 1.42 bits per heavy atom. The van der Waals surface area contributed by atoms with Gasteiger partial charge in [-0.2, -0.15) is 0 Å². The van der Waals surface area contributed by atoms with Crippen molar-refractivity contribution in [1.29, 1.82) is 0 Å². The van der Waals surface area contributed by atoms with Gasteiger partial charge in [0.25, 0.3) is 0 Å². The molecule has 4 nitrogen and oxygen atoms in total. The molecule has 0 saturated carbocycles. The summed E-state index contributed by atoms with van der Waals surface area (Å²) in [7, 11) is -3.66. The van der Waals surface area contributed by atoms with Crippen molar-refractivity contribution in [3.63, 3.8) is 0 Å². The van der Waals surface area contributed by atoms with Gasteiger partial charge in [-0.05, 0) is 18.2 Å². The van der Waals surface area contributed by atoms with Crippen LogP contribution in [-0.2, 0) is 14.6 Å². The van der Waals surface area contributed by atoms with E-state index in [1.165, 1.54) is 0 Å². The molecule has 0 spiro atoms. The fourth-order valence-electron chi connectivity index (χ4n) is 1.43. The van der Waals surface area contributed by atoms with Crippen molar-refractivity contribution in [3.05, 3.63) is 23.2 Å². The molecule has 0 N–H and O–H groups in total. The van der Waals surface area contributed by atoms with Crippen LogP contribution in [0.5, 0.6) is 0 Å². The Kier molecular flexibility index (Phi) is 3.94. The normalized spacial score (nSPS) is 12.2. The second kappa shape index (κ2) is 5.19. The molecule has 0 radical (unpaired) electrons. The van der Waals surface area contributed by atoms with Gasteiger partial charge in [0.05, 0.1) is 10.2 Å². The number of halogens is 1. The number of carbonyl (C=O) groups excluding carboxylic acids is 1. The summed E-state index contributed by atoms with van der Waals surface area (Å²) in [5, 5.41) is 0.500. The molecule has 0 unspecified atom stereocenters. The van der Waals surface area contributed by atoms with E-state index in [-0.39, 0.29) is 16.0 Å². The van der Waals surface area contributed by atoms with E-state index in [0.717, 1.165) is 16.0 Å². The monoisotopic (exact) mass is 317 g/mol. The molecular formula is C12H12ClNO3S2. The van der Waals surface area contributed by atoms with Crippen LogP contribution >= 0.6 is 22.9 Å². The van der Waals surface area contributed by atoms with E-state index in [4.69, 9.17) is 11.6 Å². The number of Topliss-reactive ketones (excluding diaryl/α,β-unsaturated/α-hetero) is 1. The van der Waals surface area contributed by atoms with Crippen LogP contribution in [0, 0.1) is 5.92 Å². The Hall–Kier alpha value is -0.980. The summed E-state index contributed by atoms with van der Waals surface area (Å²) >= 11 is 6.89. The highest BCUT2D eigenvalue weighted by atomic mass is 35.5. The Labute approximate surface area is 120 Å². The summed E-state index contributed by atoms with van der Waals surface area (Å²) < 4.78 is 24.9. The van der Waals surface area contributed by atoms with E-state index in [0.29, 0.717) is 10.5 Å². The zero-order valence-corrected chi connectivity index (χ0v) is 12.8. The summed E-state index contributed by atoms with van der Waals surface area (Å²) in [6.07, 6.45) is 0. The molecule has 7 heteroatoms. The number of aromatic nitrogens is 1. The highest BCUT2D eigenvalue weighted by molar-refractivity contribution is 7.94. The van der Waals surface area contributed by atoms with E-state index >= 15 is 0 Å². The zero-order chi connectivity index (χ0) is 14.2. The second-order valence-electron chi connectivity index (χ2n) is 4.47. The van der Waals surface area contributed by atoms with Crippen molar-refractivity contribution in [2.45, 2.75) is 18.2 Å². The Bertz CT molecular complexity index is 735. The molecule has 0 aliphatic heterocycles. The van der Waals surface area contributed by atoms with Gasteiger partial charge in [0.15, 0.2) is 5.78 Å². The number of sulfone groups is 1. The van der Waals surface area contributed by atoms with Gasteiger partial charge in [0.2, 0.25) is 14.2 Å². The minimum Gasteiger partial charge on any atom is -0.298 e. The third-order valence-corrected chi connectivity index (χ3v) is 5.94. The van der Waals surface area contributed by atoms with Crippen LogP contribution in [0.15, 0.2) is 22.5 Å². The molecule has 102 valence electrons. The summed E-state index contributed by atoms with van der Waals surface area (Å²) in [5.74, 6) is -1.12. The predicted molar refractivity (Wildman–Crippen MR) is 76.5 cm³/mol. The predicted octanol–water partition coefficient (Wildman–Crippen LogP) is 2.95. The minimum absolute atomic E-state index is 0.0289. The van der Waals surface area contributed by atoms with E-state index in [1.54, 1.807) is 32.0 Å². The molecule has 2 rings (SSSR count). The van der Waals surface area contributed by atoms with Gasteiger partial charge in [0, 0.05) is 10.9 Å². The number of hydrogen-bond donors (Lipinski definition) is 0. The molecule has 2 aromatic rings. The van der Waals surface area contributed by atoms with Gasteiger partial charge in [-0.15, -0.1) is 11.3 Å². The number of rotatable bonds is 4. The molecule has 1 aromatic heterocycles. The minimum atomic E-state index is -3.66. The van der Waals surface area contributed by atoms with Crippen LogP contribution in [0.3, 0.4) is 0 Å². The van der Waals surface area contributed by atoms with Crippen LogP contribution in [0.1, 0.15) is 13.8 Å². The zero-order valence-electron chi connectivity index (χ0n) is 10.4. The summed E-state index contributed by atoms with van der Waals surface area (Å²) in [5.41, 5.74) is 0.535. The standard InChI is InChI=1S/C12H12ClNO3S2/c1-7(2)10(15)6-19(16,17)12-14-9-5-8(13)3-4-11(9)18-12/h3-5,7H,6H2,1-2H3. The quantitative estimate of drug-likeness (QED) is 0.869. The highest BCUT2D eigenvalue weighted by Gasteiger charge is 2.24. The molecule has 0 aliphatic rings. The molecule has 0 bridgehead atoms. The van der Waals surface area contributed by atoms with Crippen LogP contribution in [0.25, 0.3) is 10.2 Å². The average molecular weight is 318 g/mol. The van der Waals surface area contributed by atoms with Crippen molar-refractivity contribution < 1.29 is 13.2 Å². The lowest BCUT2D eigenvalue weighted by molar-refractivity contribution is -0.119. The smallest absolute Gasteiger partial charge is 0.212 e. The molecular weight excluding hydrogens is 306 g/mol. The van der Waals surface area contributed by atoms with Gasteiger partial charge in [-0.25, -0.2) is 13.4 Å². The molecule has 0 saturated heterocycles. The van der Waals surface area contributed by atoms with Crippen LogP contribution in [0.2, 0.25) is 5.02 Å². The van der Waals surface area contributed by atoms with Gasteiger partial charge in [-0.3, -0.25) is 4.79 Å². The number of thiazole rings is 1. The molecule has 1 heterocycles. The Morgan fingerprint density at radius 2 is 2.11 bits per heavy atom. The summed E-state index contributed by atoms with van der Waals surface area (Å²) in [4.78, 5) is 15.6. The largest absolute Gasteiger partial charge is 0.298 e. The second-order valence-corrected chi connectivity index (χ2v) is 8.10. The third-order valence-electron chi connectivity index (χ3n) is 2.57. The fraction of sp³-hybridized carbons (Fsp3) is 0.333. The lowest BCUT2D eigenvalue weighted by Crippen LogP contribution is -2.20. The van der Waals surface area contributed by atoms with Crippen molar-refractivity contribution >= 4 is 48.8 Å². The fourth-order valence-corrected chi connectivity index (χ4v) is 4.29. The van der Waals surface area contributed by atoms with Crippen LogP contribution in [-0.4, -0.2) is 24.9 Å². The maximum Gasteiger partial charge on any atom is 0.212 e. The first kappa shape index (κ1) is 14.4. The molecule has 0 amide bonds.